The van der Waals surface area contributed by atoms with Gasteiger partial charge in [0.15, 0.2) is 0 Å². The third-order valence-corrected chi connectivity index (χ3v) is 3.18. The largest absolute Gasteiger partial charge is 0.326 e. The molecule has 1 aromatic heterocycles. The van der Waals surface area contributed by atoms with Gasteiger partial charge in [-0.3, -0.25) is 9.78 Å². The van der Waals surface area contributed by atoms with E-state index in [0.29, 0.717) is 5.92 Å². The Balaban J connectivity index is 2.10. The van der Waals surface area contributed by atoms with Crippen molar-refractivity contribution < 1.29 is 4.79 Å². The quantitative estimate of drug-likeness (QED) is 0.902. The molecule has 1 atom stereocenters. The van der Waals surface area contributed by atoms with Crippen LogP contribution in [0.25, 0.3) is 10.8 Å². The van der Waals surface area contributed by atoms with Crippen molar-refractivity contribution in [3.8, 4) is 0 Å². The van der Waals surface area contributed by atoms with E-state index in [-0.39, 0.29) is 11.8 Å². The zero-order chi connectivity index (χ0) is 13.8. The second kappa shape index (κ2) is 5.83. The highest BCUT2D eigenvalue weighted by Gasteiger charge is 2.14. The Bertz CT molecular complexity index is 578. The van der Waals surface area contributed by atoms with Crippen LogP contribution in [0, 0.1) is 11.8 Å². The Kier molecular flexibility index (Phi) is 4.15. The summed E-state index contributed by atoms with van der Waals surface area (Å²) in [5, 5.41) is 5.14. The first-order chi connectivity index (χ1) is 9.06. The molecule has 0 aliphatic heterocycles. The van der Waals surface area contributed by atoms with Crippen LogP contribution in [0.3, 0.4) is 0 Å². The number of rotatable bonds is 4. The van der Waals surface area contributed by atoms with Gasteiger partial charge in [-0.2, -0.15) is 0 Å². The lowest BCUT2D eigenvalue weighted by molar-refractivity contribution is -0.119. The summed E-state index contributed by atoms with van der Waals surface area (Å²) in [6.07, 6.45) is 4.48. The highest BCUT2D eigenvalue weighted by Crippen LogP contribution is 2.19. The van der Waals surface area contributed by atoms with Gasteiger partial charge < -0.3 is 5.32 Å². The Morgan fingerprint density at radius 2 is 2.00 bits per heavy atom. The number of pyridine rings is 1. The number of aromatic nitrogens is 1. The van der Waals surface area contributed by atoms with E-state index in [1.54, 1.807) is 6.20 Å². The average molecular weight is 256 g/mol. The molecule has 3 heteroatoms. The van der Waals surface area contributed by atoms with E-state index in [4.69, 9.17) is 0 Å². The fourth-order valence-electron chi connectivity index (χ4n) is 2.24. The topological polar surface area (TPSA) is 42.0 Å². The van der Waals surface area contributed by atoms with Gasteiger partial charge in [0.05, 0.1) is 0 Å². The van der Waals surface area contributed by atoms with Gasteiger partial charge in [-0.05, 0) is 35.9 Å². The first-order valence-corrected chi connectivity index (χ1v) is 6.71. The number of carbonyl (C=O) groups is 1. The summed E-state index contributed by atoms with van der Waals surface area (Å²) in [5.74, 6) is 0.642. The number of hydrogen-bond acceptors (Lipinski definition) is 2. The number of nitrogens with zero attached hydrogens (tertiary/aromatic N) is 1. The monoisotopic (exact) mass is 256 g/mol. The van der Waals surface area contributed by atoms with Gasteiger partial charge in [0.2, 0.25) is 5.91 Å². The van der Waals surface area contributed by atoms with E-state index < -0.39 is 0 Å². The summed E-state index contributed by atoms with van der Waals surface area (Å²) in [7, 11) is 0. The van der Waals surface area contributed by atoms with Crippen LogP contribution < -0.4 is 5.32 Å². The molecule has 1 amide bonds. The van der Waals surface area contributed by atoms with Crippen LogP contribution in [0.4, 0.5) is 5.69 Å². The predicted octanol–water partition coefficient (Wildman–Crippen LogP) is 3.86. The molecule has 0 fully saturated rings. The average Bonchev–Trinajstić information content (AvgIpc) is 2.37. The van der Waals surface area contributed by atoms with Crippen LogP contribution in [-0.4, -0.2) is 10.9 Å². The summed E-state index contributed by atoms with van der Waals surface area (Å²) >= 11 is 0. The zero-order valence-electron chi connectivity index (χ0n) is 11.7. The molecule has 2 rings (SSSR count). The normalized spacial score (nSPS) is 12.6. The number of amides is 1. The first kappa shape index (κ1) is 13.5. The molecule has 0 unspecified atom stereocenters. The molecule has 19 heavy (non-hydrogen) atoms. The van der Waals surface area contributed by atoms with E-state index in [1.165, 1.54) is 0 Å². The maximum absolute atomic E-state index is 12.1. The first-order valence-electron chi connectivity index (χ1n) is 6.71. The smallest absolute Gasteiger partial charge is 0.227 e. The van der Waals surface area contributed by atoms with Crippen molar-refractivity contribution in [3.05, 3.63) is 36.7 Å². The van der Waals surface area contributed by atoms with Gasteiger partial charge in [0, 0.05) is 29.4 Å². The molecule has 0 radical (unpaired) electrons. The van der Waals surface area contributed by atoms with E-state index in [1.807, 2.05) is 37.4 Å². The number of fused-ring (bicyclic) bond motifs is 1. The fourth-order valence-corrected chi connectivity index (χ4v) is 2.24. The molecule has 0 aliphatic rings. The van der Waals surface area contributed by atoms with Crippen LogP contribution in [0.5, 0.6) is 0 Å². The zero-order valence-corrected chi connectivity index (χ0v) is 11.7. The van der Waals surface area contributed by atoms with Gasteiger partial charge in [-0.15, -0.1) is 0 Å². The van der Waals surface area contributed by atoms with Crippen molar-refractivity contribution in [2.45, 2.75) is 27.2 Å². The molecular formula is C16H20N2O. The van der Waals surface area contributed by atoms with Crippen LogP contribution in [-0.2, 0) is 4.79 Å². The molecule has 0 saturated heterocycles. The van der Waals surface area contributed by atoms with Crippen molar-refractivity contribution in [1.29, 1.82) is 0 Å². The molecule has 3 nitrogen and oxygen atoms in total. The molecule has 2 aromatic rings. The van der Waals surface area contributed by atoms with Gasteiger partial charge in [0.25, 0.3) is 0 Å². The summed E-state index contributed by atoms with van der Waals surface area (Å²) in [6.45, 7) is 6.23. The second-order valence-electron chi connectivity index (χ2n) is 5.46. The third kappa shape index (κ3) is 3.53. The highest BCUT2D eigenvalue weighted by molar-refractivity contribution is 5.95. The number of nitrogens with one attached hydrogen (secondary N) is 1. The number of carbonyl (C=O) groups excluding carboxylic acids is 1. The minimum Gasteiger partial charge on any atom is -0.326 e. The Hall–Kier alpha value is -1.90. The molecule has 1 heterocycles. The van der Waals surface area contributed by atoms with Gasteiger partial charge in [-0.1, -0.05) is 26.8 Å². The van der Waals surface area contributed by atoms with Crippen molar-refractivity contribution >= 4 is 22.4 Å². The number of benzene rings is 1. The standard InChI is InChI=1S/C16H20N2O/c1-11(2)8-12(3)16(19)18-15-5-4-13-6-7-17-10-14(13)9-15/h4-7,9-12H,8H2,1-3H3,(H,18,19)/t12-/m1/s1. The summed E-state index contributed by atoms with van der Waals surface area (Å²) in [5.41, 5.74) is 0.834. The second-order valence-corrected chi connectivity index (χ2v) is 5.46. The summed E-state index contributed by atoms with van der Waals surface area (Å²) in [6, 6.07) is 7.85. The lowest BCUT2D eigenvalue weighted by Gasteiger charge is -2.14. The highest BCUT2D eigenvalue weighted by atomic mass is 16.1. The lowest BCUT2D eigenvalue weighted by atomic mass is 9.98. The Labute approximate surface area is 114 Å². The molecule has 0 saturated carbocycles. The fraction of sp³-hybridized carbons (Fsp3) is 0.375. The van der Waals surface area contributed by atoms with Crippen LogP contribution >= 0.6 is 0 Å². The molecule has 0 bridgehead atoms. The van der Waals surface area contributed by atoms with Crippen molar-refractivity contribution in [3.63, 3.8) is 0 Å². The summed E-state index contributed by atoms with van der Waals surface area (Å²) < 4.78 is 0. The molecule has 1 aromatic carbocycles. The number of anilines is 1. The van der Waals surface area contributed by atoms with E-state index in [9.17, 15) is 4.79 Å². The summed E-state index contributed by atoms with van der Waals surface area (Å²) in [4.78, 5) is 16.2. The van der Waals surface area contributed by atoms with Crippen molar-refractivity contribution in [1.82, 2.24) is 4.98 Å². The molecule has 0 spiro atoms. The van der Waals surface area contributed by atoms with Crippen LogP contribution in [0.2, 0.25) is 0 Å². The van der Waals surface area contributed by atoms with Gasteiger partial charge >= 0.3 is 0 Å². The minimum atomic E-state index is 0.0320. The maximum Gasteiger partial charge on any atom is 0.227 e. The minimum absolute atomic E-state index is 0.0320. The lowest BCUT2D eigenvalue weighted by Crippen LogP contribution is -2.21. The number of hydrogen-bond donors (Lipinski definition) is 1. The van der Waals surface area contributed by atoms with Crippen LogP contribution in [0.15, 0.2) is 36.7 Å². The van der Waals surface area contributed by atoms with Gasteiger partial charge in [-0.25, -0.2) is 0 Å². The maximum atomic E-state index is 12.1. The third-order valence-electron chi connectivity index (χ3n) is 3.18. The van der Waals surface area contributed by atoms with Crippen molar-refractivity contribution in [2.75, 3.05) is 5.32 Å². The molecule has 100 valence electrons. The van der Waals surface area contributed by atoms with Crippen molar-refractivity contribution in [2.24, 2.45) is 11.8 Å². The van der Waals surface area contributed by atoms with E-state index >= 15 is 0 Å². The van der Waals surface area contributed by atoms with Crippen LogP contribution in [0.1, 0.15) is 27.2 Å². The van der Waals surface area contributed by atoms with E-state index in [0.717, 1.165) is 22.9 Å². The van der Waals surface area contributed by atoms with Gasteiger partial charge in [0.1, 0.15) is 0 Å². The Morgan fingerprint density at radius 3 is 2.74 bits per heavy atom. The predicted molar refractivity (Wildman–Crippen MR) is 79.0 cm³/mol. The Morgan fingerprint density at radius 1 is 1.21 bits per heavy atom. The molecular weight excluding hydrogens is 236 g/mol. The molecule has 0 aliphatic carbocycles. The molecule has 1 N–H and O–H groups in total. The van der Waals surface area contributed by atoms with E-state index in [2.05, 4.69) is 24.1 Å². The SMILES string of the molecule is CC(C)C[C@@H](C)C(=O)Nc1ccc2ccncc2c1.